The lowest BCUT2D eigenvalue weighted by Gasteiger charge is -2.37. The van der Waals surface area contributed by atoms with Crippen molar-refractivity contribution in [2.24, 2.45) is 11.0 Å². The summed E-state index contributed by atoms with van der Waals surface area (Å²) in [6.07, 6.45) is 1.80. The third-order valence-electron chi connectivity index (χ3n) is 5.74. The van der Waals surface area contributed by atoms with E-state index in [0.29, 0.717) is 5.76 Å². The number of allylic oxidation sites excluding steroid dienone is 1. The molecule has 0 spiro atoms. The number of benzene rings is 2. The first-order valence-corrected chi connectivity index (χ1v) is 11.9. The largest absolute Gasteiger partial charge is 0.486 e. The number of ether oxygens (including phenoxy) is 2. The standard InChI is InChI=1S/C26H26BrN3O4/c1-4-33-21(31)14-28-26(32)24-25(34-15-18-9-6-5-7-10-18)19-11-8-12-20(27)22(19)23-17(3)16(2)13-29-30(23)24/h5-13,16H,4,14-15H2,1-3H3,(H,28,32). The van der Waals surface area contributed by atoms with Crippen molar-refractivity contribution in [2.75, 3.05) is 13.2 Å². The molecule has 0 aliphatic carbocycles. The third kappa shape index (κ3) is 4.63. The number of esters is 1. The first-order chi connectivity index (χ1) is 16.4. The van der Waals surface area contributed by atoms with Crippen molar-refractivity contribution in [3.8, 4) is 0 Å². The molecule has 7 nitrogen and oxygen atoms in total. The molecule has 176 valence electrons. The maximum atomic E-state index is 13.5. The number of hydrazone groups is 1. The molecule has 0 saturated carbocycles. The van der Waals surface area contributed by atoms with Crippen LogP contribution in [0.1, 0.15) is 37.5 Å². The molecule has 2 aliphatic heterocycles. The van der Waals surface area contributed by atoms with E-state index in [0.717, 1.165) is 32.4 Å². The normalized spacial score (nSPS) is 16.7. The number of carbonyl (C=O) groups is 2. The van der Waals surface area contributed by atoms with Gasteiger partial charge in [-0.25, -0.2) is 5.01 Å². The van der Waals surface area contributed by atoms with E-state index in [1.54, 1.807) is 18.1 Å². The highest BCUT2D eigenvalue weighted by Gasteiger charge is 2.38. The van der Waals surface area contributed by atoms with Crippen LogP contribution in [0.2, 0.25) is 0 Å². The minimum absolute atomic E-state index is 0.0989. The van der Waals surface area contributed by atoms with Crippen LogP contribution in [0.5, 0.6) is 0 Å². The van der Waals surface area contributed by atoms with Crippen LogP contribution in [0.4, 0.5) is 0 Å². The molecule has 2 aromatic carbocycles. The van der Waals surface area contributed by atoms with Gasteiger partial charge in [-0.05, 0) is 31.1 Å². The van der Waals surface area contributed by atoms with Gasteiger partial charge < -0.3 is 14.8 Å². The predicted octanol–water partition coefficient (Wildman–Crippen LogP) is 4.70. The van der Waals surface area contributed by atoms with Gasteiger partial charge in [-0.3, -0.25) is 9.59 Å². The van der Waals surface area contributed by atoms with Crippen LogP contribution in [0.15, 0.2) is 69.4 Å². The van der Waals surface area contributed by atoms with Crippen molar-refractivity contribution in [3.63, 3.8) is 0 Å². The minimum Gasteiger partial charge on any atom is -0.486 e. The van der Waals surface area contributed by atoms with Crippen LogP contribution in [-0.2, 0) is 25.7 Å². The Hall–Kier alpha value is -3.39. The highest BCUT2D eigenvalue weighted by Crippen LogP contribution is 2.46. The molecular formula is C26H26BrN3O4. The Kier molecular flexibility index (Phi) is 7.17. The van der Waals surface area contributed by atoms with E-state index in [1.165, 1.54) is 0 Å². The molecule has 1 atom stereocenters. The Bertz CT molecular complexity index is 1200. The van der Waals surface area contributed by atoms with Gasteiger partial charge in [-0.2, -0.15) is 5.10 Å². The highest BCUT2D eigenvalue weighted by molar-refractivity contribution is 9.10. The predicted molar refractivity (Wildman–Crippen MR) is 134 cm³/mol. The van der Waals surface area contributed by atoms with Crippen LogP contribution in [0.25, 0.3) is 11.5 Å². The van der Waals surface area contributed by atoms with Gasteiger partial charge in [0, 0.05) is 27.7 Å². The van der Waals surface area contributed by atoms with E-state index in [2.05, 4.69) is 33.3 Å². The number of nitrogens with one attached hydrogen (secondary N) is 1. The zero-order valence-corrected chi connectivity index (χ0v) is 20.9. The Labute approximate surface area is 207 Å². The maximum Gasteiger partial charge on any atom is 0.325 e. The monoisotopic (exact) mass is 523 g/mol. The van der Waals surface area contributed by atoms with E-state index in [1.807, 2.05) is 55.5 Å². The van der Waals surface area contributed by atoms with E-state index in [4.69, 9.17) is 9.47 Å². The summed E-state index contributed by atoms with van der Waals surface area (Å²) in [4.78, 5) is 25.4. The zero-order valence-electron chi connectivity index (χ0n) is 19.3. The average molecular weight is 524 g/mol. The molecule has 0 radical (unpaired) electrons. The van der Waals surface area contributed by atoms with Gasteiger partial charge >= 0.3 is 5.97 Å². The molecule has 4 rings (SSSR count). The van der Waals surface area contributed by atoms with Crippen molar-refractivity contribution < 1.29 is 19.1 Å². The Morgan fingerprint density at radius 3 is 2.65 bits per heavy atom. The molecule has 1 unspecified atom stereocenters. The van der Waals surface area contributed by atoms with Crippen LogP contribution >= 0.6 is 15.9 Å². The smallest absolute Gasteiger partial charge is 0.325 e. The van der Waals surface area contributed by atoms with Gasteiger partial charge in [0.05, 0.1) is 12.3 Å². The number of nitrogens with zero attached hydrogens (tertiary/aromatic N) is 2. The molecule has 0 bridgehead atoms. The molecule has 8 heteroatoms. The number of fused-ring (bicyclic) bond motifs is 3. The summed E-state index contributed by atoms with van der Waals surface area (Å²) in [5, 5.41) is 8.89. The number of carbonyl (C=O) groups excluding carboxylic acids is 2. The van der Waals surface area contributed by atoms with Crippen molar-refractivity contribution in [1.29, 1.82) is 0 Å². The fourth-order valence-corrected chi connectivity index (χ4v) is 4.45. The molecule has 0 aromatic heterocycles. The summed E-state index contributed by atoms with van der Waals surface area (Å²) >= 11 is 3.69. The van der Waals surface area contributed by atoms with Crippen molar-refractivity contribution in [1.82, 2.24) is 10.3 Å². The van der Waals surface area contributed by atoms with Gasteiger partial charge in [0.25, 0.3) is 5.91 Å². The quantitative estimate of drug-likeness (QED) is 0.532. The van der Waals surface area contributed by atoms with Crippen LogP contribution < -0.4 is 5.32 Å². The molecule has 2 aromatic rings. The van der Waals surface area contributed by atoms with E-state index in [-0.39, 0.29) is 31.4 Å². The molecule has 2 heterocycles. The van der Waals surface area contributed by atoms with Gasteiger partial charge in [0.15, 0.2) is 11.5 Å². The SMILES string of the molecule is CCOC(=O)CNC(=O)C1=C(OCc2ccccc2)c2cccc(Br)c2C2=C(C)C(C)C=NN12. The highest BCUT2D eigenvalue weighted by atomic mass is 79.9. The lowest BCUT2D eigenvalue weighted by molar-refractivity contribution is -0.143. The molecule has 1 N–H and O–H groups in total. The van der Waals surface area contributed by atoms with Gasteiger partial charge in [-0.15, -0.1) is 0 Å². The fourth-order valence-electron chi connectivity index (χ4n) is 3.89. The van der Waals surface area contributed by atoms with Crippen molar-refractivity contribution in [3.05, 3.63) is 81.0 Å². The summed E-state index contributed by atoms with van der Waals surface area (Å²) in [5.74, 6) is -0.491. The molecule has 2 aliphatic rings. The first kappa shape index (κ1) is 23.8. The number of rotatable bonds is 7. The second kappa shape index (κ2) is 10.3. The summed E-state index contributed by atoms with van der Waals surface area (Å²) in [6, 6.07) is 15.5. The van der Waals surface area contributed by atoms with Crippen LogP contribution in [-0.4, -0.2) is 36.3 Å². The molecule has 0 fully saturated rings. The van der Waals surface area contributed by atoms with E-state index >= 15 is 0 Å². The summed E-state index contributed by atoms with van der Waals surface area (Å²) in [6.45, 7) is 6.07. The Balaban J connectivity index is 1.83. The molecule has 34 heavy (non-hydrogen) atoms. The van der Waals surface area contributed by atoms with Crippen LogP contribution in [0.3, 0.4) is 0 Å². The minimum atomic E-state index is -0.509. The second-order valence-electron chi connectivity index (χ2n) is 8.00. The first-order valence-electron chi connectivity index (χ1n) is 11.1. The van der Waals surface area contributed by atoms with E-state index in [9.17, 15) is 9.59 Å². The number of hydrogen-bond donors (Lipinski definition) is 1. The molecule has 0 saturated heterocycles. The summed E-state index contributed by atoms with van der Waals surface area (Å²) < 4.78 is 12.1. The number of halogens is 1. The Morgan fingerprint density at radius 1 is 1.15 bits per heavy atom. The summed E-state index contributed by atoms with van der Waals surface area (Å²) in [7, 11) is 0. The second-order valence-corrected chi connectivity index (χ2v) is 8.85. The fraction of sp³-hybridized carbons (Fsp3) is 0.269. The third-order valence-corrected chi connectivity index (χ3v) is 6.40. The lowest BCUT2D eigenvalue weighted by Crippen LogP contribution is -2.39. The van der Waals surface area contributed by atoms with Gasteiger partial charge in [-0.1, -0.05) is 65.3 Å². The average Bonchev–Trinajstić information content (AvgIpc) is 2.84. The van der Waals surface area contributed by atoms with Crippen molar-refractivity contribution in [2.45, 2.75) is 27.4 Å². The zero-order chi connectivity index (χ0) is 24.2. The molecular weight excluding hydrogens is 498 g/mol. The topological polar surface area (TPSA) is 80.2 Å². The van der Waals surface area contributed by atoms with Crippen molar-refractivity contribution >= 4 is 45.5 Å². The number of amides is 1. The Morgan fingerprint density at radius 2 is 1.91 bits per heavy atom. The summed E-state index contributed by atoms with van der Waals surface area (Å²) in [5.41, 5.74) is 4.77. The van der Waals surface area contributed by atoms with Gasteiger partial charge in [0.2, 0.25) is 0 Å². The molecule has 1 amide bonds. The van der Waals surface area contributed by atoms with E-state index < -0.39 is 11.9 Å². The van der Waals surface area contributed by atoms with Crippen LogP contribution in [0, 0.1) is 5.92 Å². The lowest BCUT2D eigenvalue weighted by atomic mass is 9.89. The van der Waals surface area contributed by atoms with Gasteiger partial charge in [0.1, 0.15) is 13.2 Å². The number of hydrogen-bond acceptors (Lipinski definition) is 6. The maximum absolute atomic E-state index is 13.5.